The summed E-state index contributed by atoms with van der Waals surface area (Å²) in [6.07, 6.45) is 0.829. The van der Waals surface area contributed by atoms with E-state index in [1.807, 2.05) is 24.3 Å². The molecule has 0 saturated carbocycles. The molecule has 0 amide bonds. The highest BCUT2D eigenvalue weighted by Gasteiger charge is 2.02. The van der Waals surface area contributed by atoms with Gasteiger partial charge in [-0.3, -0.25) is 4.79 Å². The molecule has 0 aliphatic carbocycles. The SMILES string of the molecule is O=Cc1ccc(OCc2cc3ccccc3s2)cc1. The lowest BCUT2D eigenvalue weighted by Crippen LogP contribution is -1.92. The quantitative estimate of drug-likeness (QED) is 0.660. The van der Waals surface area contributed by atoms with Crippen molar-refractivity contribution < 1.29 is 9.53 Å². The fourth-order valence-electron chi connectivity index (χ4n) is 1.91. The van der Waals surface area contributed by atoms with Crippen LogP contribution in [0.5, 0.6) is 5.75 Å². The Morgan fingerprint density at radius 2 is 1.84 bits per heavy atom. The van der Waals surface area contributed by atoms with Gasteiger partial charge in [0.1, 0.15) is 18.6 Å². The number of carbonyl (C=O) groups excluding carboxylic acids is 1. The molecule has 1 aromatic heterocycles. The summed E-state index contributed by atoms with van der Waals surface area (Å²) in [6.45, 7) is 0.555. The molecule has 3 rings (SSSR count). The van der Waals surface area contributed by atoms with Gasteiger partial charge >= 0.3 is 0 Å². The molecule has 0 N–H and O–H groups in total. The van der Waals surface area contributed by atoms with E-state index in [0.29, 0.717) is 12.2 Å². The number of carbonyl (C=O) groups is 1. The zero-order valence-electron chi connectivity index (χ0n) is 10.2. The number of ether oxygens (including phenoxy) is 1. The number of thiophene rings is 1. The first-order valence-corrected chi connectivity index (χ1v) is 6.82. The maximum absolute atomic E-state index is 10.6. The summed E-state index contributed by atoms with van der Waals surface area (Å²) in [7, 11) is 0. The van der Waals surface area contributed by atoms with E-state index in [-0.39, 0.29) is 0 Å². The van der Waals surface area contributed by atoms with Crippen LogP contribution in [0.15, 0.2) is 54.6 Å². The molecule has 19 heavy (non-hydrogen) atoms. The zero-order valence-corrected chi connectivity index (χ0v) is 11.0. The molecule has 0 aliphatic heterocycles. The lowest BCUT2D eigenvalue weighted by molar-refractivity contribution is 0.112. The van der Waals surface area contributed by atoms with Crippen LogP contribution >= 0.6 is 11.3 Å². The summed E-state index contributed by atoms with van der Waals surface area (Å²) in [5, 5.41) is 1.25. The zero-order chi connectivity index (χ0) is 13.1. The first-order chi connectivity index (χ1) is 9.35. The molecule has 0 radical (unpaired) electrons. The molecule has 0 saturated heterocycles. The summed E-state index contributed by atoms with van der Waals surface area (Å²) >= 11 is 1.74. The Kier molecular flexibility index (Phi) is 3.29. The van der Waals surface area contributed by atoms with Crippen molar-refractivity contribution in [3.63, 3.8) is 0 Å². The fraction of sp³-hybridized carbons (Fsp3) is 0.0625. The highest BCUT2D eigenvalue weighted by atomic mass is 32.1. The molecule has 0 fully saturated rings. The number of hydrogen-bond acceptors (Lipinski definition) is 3. The summed E-state index contributed by atoms with van der Waals surface area (Å²) in [6, 6.07) is 17.6. The third kappa shape index (κ3) is 2.66. The third-order valence-corrected chi connectivity index (χ3v) is 3.96. The molecular weight excluding hydrogens is 256 g/mol. The van der Waals surface area contributed by atoms with Gasteiger partial charge in [-0.2, -0.15) is 0 Å². The molecule has 0 aliphatic rings. The number of aldehydes is 1. The number of fused-ring (bicyclic) bond motifs is 1. The minimum atomic E-state index is 0.555. The van der Waals surface area contributed by atoms with E-state index in [2.05, 4.69) is 18.2 Å². The Hall–Kier alpha value is -2.13. The van der Waals surface area contributed by atoms with Crippen LogP contribution in [0.2, 0.25) is 0 Å². The van der Waals surface area contributed by atoms with E-state index in [4.69, 9.17) is 4.74 Å². The normalized spacial score (nSPS) is 10.5. The van der Waals surface area contributed by atoms with Gasteiger partial charge in [0.2, 0.25) is 0 Å². The predicted molar refractivity (Wildman–Crippen MR) is 78.0 cm³/mol. The van der Waals surface area contributed by atoms with Crippen molar-refractivity contribution >= 4 is 27.7 Å². The van der Waals surface area contributed by atoms with Crippen molar-refractivity contribution in [2.75, 3.05) is 0 Å². The maximum atomic E-state index is 10.6. The third-order valence-electron chi connectivity index (χ3n) is 2.87. The van der Waals surface area contributed by atoms with Crippen molar-refractivity contribution in [2.24, 2.45) is 0 Å². The number of rotatable bonds is 4. The second-order valence-corrected chi connectivity index (χ2v) is 5.39. The lowest BCUT2D eigenvalue weighted by atomic mass is 10.2. The van der Waals surface area contributed by atoms with Crippen LogP contribution in [0.3, 0.4) is 0 Å². The van der Waals surface area contributed by atoms with Crippen molar-refractivity contribution in [2.45, 2.75) is 6.61 Å². The minimum absolute atomic E-state index is 0.555. The van der Waals surface area contributed by atoms with Gasteiger partial charge in [0.05, 0.1) is 0 Å². The first-order valence-electron chi connectivity index (χ1n) is 6.01. The molecule has 3 aromatic rings. The molecular formula is C16H12O2S. The summed E-state index contributed by atoms with van der Waals surface area (Å²) in [5.74, 6) is 0.781. The van der Waals surface area contributed by atoms with Gasteiger partial charge in [0, 0.05) is 15.1 Å². The molecule has 2 nitrogen and oxygen atoms in total. The summed E-state index contributed by atoms with van der Waals surface area (Å²) < 4.78 is 6.99. The van der Waals surface area contributed by atoms with E-state index < -0.39 is 0 Å². The van der Waals surface area contributed by atoms with Crippen molar-refractivity contribution in [1.29, 1.82) is 0 Å². The minimum Gasteiger partial charge on any atom is -0.488 e. The standard InChI is InChI=1S/C16H12O2S/c17-10-12-5-7-14(8-6-12)18-11-15-9-13-3-1-2-4-16(13)19-15/h1-10H,11H2. The van der Waals surface area contributed by atoms with E-state index in [1.54, 1.807) is 23.5 Å². The van der Waals surface area contributed by atoms with Gasteiger partial charge in [-0.1, -0.05) is 18.2 Å². The van der Waals surface area contributed by atoms with Crippen LogP contribution in [0.1, 0.15) is 15.2 Å². The van der Waals surface area contributed by atoms with E-state index in [1.165, 1.54) is 15.0 Å². The average molecular weight is 268 g/mol. The van der Waals surface area contributed by atoms with Crippen LogP contribution < -0.4 is 4.74 Å². The van der Waals surface area contributed by atoms with Crippen molar-refractivity contribution in [3.8, 4) is 5.75 Å². The molecule has 94 valence electrons. The topological polar surface area (TPSA) is 26.3 Å². The first kappa shape index (κ1) is 11.9. The molecule has 3 heteroatoms. The lowest BCUT2D eigenvalue weighted by Gasteiger charge is -2.03. The van der Waals surface area contributed by atoms with Crippen LogP contribution in [0.4, 0.5) is 0 Å². The predicted octanol–water partition coefficient (Wildman–Crippen LogP) is 4.29. The summed E-state index contributed by atoms with van der Waals surface area (Å²) in [5.41, 5.74) is 0.661. The van der Waals surface area contributed by atoms with Gasteiger partial charge in [0.25, 0.3) is 0 Å². The second-order valence-electron chi connectivity index (χ2n) is 4.23. The van der Waals surface area contributed by atoms with Crippen molar-refractivity contribution in [3.05, 3.63) is 65.0 Å². The Morgan fingerprint density at radius 3 is 2.58 bits per heavy atom. The molecule has 0 spiro atoms. The van der Waals surface area contributed by atoms with Crippen molar-refractivity contribution in [1.82, 2.24) is 0 Å². The molecule has 2 aromatic carbocycles. The highest BCUT2D eigenvalue weighted by molar-refractivity contribution is 7.19. The maximum Gasteiger partial charge on any atom is 0.150 e. The van der Waals surface area contributed by atoms with Crippen LogP contribution in [0.25, 0.3) is 10.1 Å². The Bertz CT molecular complexity index is 665. The number of hydrogen-bond donors (Lipinski definition) is 0. The van der Waals surface area contributed by atoms with Gasteiger partial charge < -0.3 is 4.74 Å². The molecule has 0 atom stereocenters. The van der Waals surface area contributed by atoms with Gasteiger partial charge in [-0.25, -0.2) is 0 Å². The smallest absolute Gasteiger partial charge is 0.150 e. The van der Waals surface area contributed by atoms with Gasteiger partial charge in [-0.15, -0.1) is 11.3 Å². The fourth-order valence-corrected chi connectivity index (χ4v) is 2.88. The van der Waals surface area contributed by atoms with Crippen LogP contribution in [-0.4, -0.2) is 6.29 Å². The summed E-state index contributed by atoms with van der Waals surface area (Å²) in [4.78, 5) is 11.8. The van der Waals surface area contributed by atoms with Gasteiger partial charge in [0.15, 0.2) is 0 Å². The number of benzene rings is 2. The Morgan fingerprint density at radius 1 is 1.05 bits per heavy atom. The molecule has 1 heterocycles. The van der Waals surface area contributed by atoms with Crippen LogP contribution in [0, 0.1) is 0 Å². The average Bonchev–Trinajstić information content (AvgIpc) is 2.88. The van der Waals surface area contributed by atoms with E-state index in [0.717, 1.165) is 12.0 Å². The van der Waals surface area contributed by atoms with Gasteiger partial charge in [-0.05, 0) is 41.8 Å². The van der Waals surface area contributed by atoms with E-state index >= 15 is 0 Å². The monoisotopic (exact) mass is 268 g/mol. The van der Waals surface area contributed by atoms with E-state index in [9.17, 15) is 4.79 Å². The molecule has 0 unspecified atom stereocenters. The second kappa shape index (κ2) is 5.24. The van der Waals surface area contributed by atoms with Crippen LogP contribution in [-0.2, 0) is 6.61 Å². The highest BCUT2D eigenvalue weighted by Crippen LogP contribution is 2.26. The Balaban J connectivity index is 1.72. The largest absolute Gasteiger partial charge is 0.488 e. The molecule has 0 bridgehead atoms. The Labute approximate surface area is 115 Å².